The van der Waals surface area contributed by atoms with Crippen LogP contribution in [0.5, 0.6) is 0 Å². The van der Waals surface area contributed by atoms with Crippen molar-refractivity contribution in [1.29, 1.82) is 0 Å². The molecule has 0 bridgehead atoms. The molecule has 1 aliphatic heterocycles. The molecule has 1 rings (SSSR count). The van der Waals surface area contributed by atoms with E-state index >= 15 is 0 Å². The van der Waals surface area contributed by atoms with E-state index < -0.39 is 12.2 Å². The fourth-order valence-corrected chi connectivity index (χ4v) is 3.25. The van der Waals surface area contributed by atoms with Crippen LogP contribution < -0.4 is 47.9 Å². The van der Waals surface area contributed by atoms with Crippen LogP contribution >= 0.6 is 0 Å². The summed E-state index contributed by atoms with van der Waals surface area (Å²) in [5.74, 6) is 0. The molecule has 0 saturated carbocycles. The molecule has 150 valence electrons. The number of rotatable bonds is 0. The van der Waals surface area contributed by atoms with Gasteiger partial charge < -0.3 is 37.2 Å². The molecule has 0 aliphatic carbocycles. The minimum absolute atomic E-state index is 0. The Hall–Kier alpha value is 1.21. The molecule has 25 heavy (non-hydrogen) atoms. The third-order valence-electron chi connectivity index (χ3n) is 3.89. The summed E-state index contributed by atoms with van der Waals surface area (Å²) in [6.45, 7) is 5.40. The fraction of sp³-hybridized carbons (Fsp3) is 1.00. The van der Waals surface area contributed by atoms with Crippen molar-refractivity contribution in [3.8, 4) is 0 Å². The second kappa shape index (κ2) is 17.3. The van der Waals surface area contributed by atoms with Crippen molar-refractivity contribution in [3.05, 3.63) is 0 Å². The summed E-state index contributed by atoms with van der Waals surface area (Å²) >= 11 is 1.59. The molecule has 0 spiro atoms. The van der Waals surface area contributed by atoms with E-state index in [1.54, 1.807) is 20.7 Å². The van der Waals surface area contributed by atoms with Crippen LogP contribution in [0, 0.1) is 0 Å². The maximum atomic E-state index is 13.2. The molecule has 1 unspecified atom stereocenters. The Morgan fingerprint density at radius 3 is 1.96 bits per heavy atom. The number of hydrogen-bond donors (Lipinski definition) is 2. The standard InChI is InChI=1S/C14H28F3N4.3ClH.Ti/c1-21-11-3-8-18-6-2-7-19-10-5-13(14(15,16)17)20-9-4-12-21;;;;/h13,18-19H,2-12H2,1H3;3*1H;/q-1;;;;+4/p-3. The van der Waals surface area contributed by atoms with Crippen LogP contribution in [0.15, 0.2) is 0 Å². The summed E-state index contributed by atoms with van der Waals surface area (Å²) in [6, 6.07) is -1.35. The first-order valence-electron chi connectivity index (χ1n) is 8.06. The molecule has 1 saturated heterocycles. The van der Waals surface area contributed by atoms with E-state index in [0.29, 0.717) is 13.1 Å². The summed E-state index contributed by atoms with van der Waals surface area (Å²) in [5, 5.41) is 6.49. The first-order valence-corrected chi connectivity index (χ1v) is 8.75. The number of halogens is 6. The number of hydrogen-bond acceptors (Lipinski definition) is 4. The Morgan fingerprint density at radius 2 is 1.36 bits per heavy atom. The van der Waals surface area contributed by atoms with Gasteiger partial charge in [0.05, 0.1) is 0 Å². The van der Waals surface area contributed by atoms with Crippen LogP contribution in [0.1, 0.15) is 25.7 Å². The molecule has 1 heterocycles. The SMILES string of the molecule is CN1CCCNCCCNCCC(C(F)(F)F)[N]([Ti+3])CCC1.[Cl-].[Cl-].[Cl-]. The first-order chi connectivity index (χ1) is 10.4. The van der Waals surface area contributed by atoms with Crippen molar-refractivity contribution in [2.24, 2.45) is 0 Å². The van der Waals surface area contributed by atoms with Gasteiger partial charge in [-0.15, -0.1) is 0 Å². The second-order valence-corrected chi connectivity index (χ2v) is 6.80. The summed E-state index contributed by atoms with van der Waals surface area (Å²) < 4.78 is 41.0. The summed E-state index contributed by atoms with van der Waals surface area (Å²) in [6.07, 6.45) is -1.26. The Balaban J connectivity index is -0.00000161. The van der Waals surface area contributed by atoms with Gasteiger partial charge in [-0.2, -0.15) is 0 Å². The molecule has 4 nitrogen and oxygen atoms in total. The van der Waals surface area contributed by atoms with Crippen molar-refractivity contribution in [2.75, 3.05) is 52.9 Å². The van der Waals surface area contributed by atoms with Gasteiger partial charge in [0.15, 0.2) is 0 Å². The fourth-order valence-electron chi connectivity index (χ4n) is 2.58. The van der Waals surface area contributed by atoms with E-state index in [4.69, 9.17) is 0 Å². The topological polar surface area (TPSA) is 30.5 Å². The number of nitrogens with zero attached hydrogens (tertiary/aromatic N) is 2. The third-order valence-corrected chi connectivity index (χ3v) is 4.72. The van der Waals surface area contributed by atoms with Gasteiger partial charge in [0.1, 0.15) is 0 Å². The van der Waals surface area contributed by atoms with Crippen LogP contribution in [0.3, 0.4) is 0 Å². The third kappa shape index (κ3) is 14.9. The van der Waals surface area contributed by atoms with Gasteiger partial charge in [0.25, 0.3) is 0 Å². The van der Waals surface area contributed by atoms with Crippen LogP contribution in [0.4, 0.5) is 13.2 Å². The minimum Gasteiger partial charge on any atom is -1.00 e. The smallest absolute Gasteiger partial charge is 1.00 e. The summed E-state index contributed by atoms with van der Waals surface area (Å²) in [5.41, 5.74) is 0. The van der Waals surface area contributed by atoms with Crippen molar-refractivity contribution < 1.29 is 71.1 Å². The predicted octanol–water partition coefficient (Wildman–Crippen LogP) is -7.62. The predicted molar refractivity (Wildman–Crippen MR) is 78.3 cm³/mol. The molecular weight excluding hydrogens is 435 g/mol. The van der Waals surface area contributed by atoms with Gasteiger partial charge >= 0.3 is 144 Å². The Labute approximate surface area is 180 Å². The average Bonchev–Trinajstić information content (AvgIpc) is 2.42. The Bertz CT molecular complexity index is 305. The van der Waals surface area contributed by atoms with Crippen LogP contribution in [-0.4, -0.2) is 73.4 Å². The van der Waals surface area contributed by atoms with Crippen molar-refractivity contribution in [1.82, 2.24) is 18.9 Å². The second-order valence-electron chi connectivity index (χ2n) is 5.90. The Kier molecular flexibility index (Phi) is 21.4. The molecule has 0 radical (unpaired) electrons. The molecule has 1 fully saturated rings. The normalized spacial score (nSPS) is 23.7. The van der Waals surface area contributed by atoms with E-state index in [-0.39, 0.29) is 43.6 Å². The molecule has 0 aromatic heterocycles. The molecule has 1 aliphatic rings. The number of nitrogens with one attached hydrogen (secondary N) is 2. The van der Waals surface area contributed by atoms with E-state index in [9.17, 15) is 13.2 Å². The van der Waals surface area contributed by atoms with Gasteiger partial charge in [-0.05, 0) is 0 Å². The molecular formula is C14H28Cl3F3N4Ti. The number of alkyl halides is 3. The van der Waals surface area contributed by atoms with E-state index in [1.165, 1.54) is 3.38 Å². The first kappa shape index (κ1) is 30.9. The van der Waals surface area contributed by atoms with Crippen molar-refractivity contribution in [3.63, 3.8) is 0 Å². The molecule has 0 aromatic rings. The van der Waals surface area contributed by atoms with Crippen LogP contribution in [-0.2, 0) is 20.7 Å². The zero-order valence-electron chi connectivity index (χ0n) is 14.5. The van der Waals surface area contributed by atoms with Crippen molar-refractivity contribution in [2.45, 2.75) is 37.9 Å². The molecule has 2 N–H and O–H groups in total. The van der Waals surface area contributed by atoms with Gasteiger partial charge in [-0.25, -0.2) is 0 Å². The minimum atomic E-state index is -4.16. The van der Waals surface area contributed by atoms with Crippen LogP contribution in [0.2, 0.25) is 0 Å². The van der Waals surface area contributed by atoms with E-state index in [2.05, 4.69) is 15.5 Å². The zero-order valence-corrected chi connectivity index (χ0v) is 18.3. The average molecular weight is 464 g/mol. The summed E-state index contributed by atoms with van der Waals surface area (Å²) in [4.78, 5) is 2.20. The zero-order chi connectivity index (χ0) is 16.4. The molecule has 11 heteroatoms. The monoisotopic (exact) mass is 462 g/mol. The van der Waals surface area contributed by atoms with Gasteiger partial charge in [-0.3, -0.25) is 0 Å². The van der Waals surface area contributed by atoms with Gasteiger partial charge in [-0.1, -0.05) is 0 Å². The summed E-state index contributed by atoms with van der Waals surface area (Å²) in [7, 11) is 2.04. The maximum absolute atomic E-state index is 13.2. The quantitative estimate of drug-likeness (QED) is 0.350. The molecule has 0 aromatic carbocycles. The van der Waals surface area contributed by atoms with E-state index in [0.717, 1.165) is 52.0 Å². The van der Waals surface area contributed by atoms with Crippen LogP contribution in [0.25, 0.3) is 0 Å². The van der Waals surface area contributed by atoms with E-state index in [1.807, 2.05) is 7.05 Å². The van der Waals surface area contributed by atoms with Gasteiger partial charge in [0.2, 0.25) is 0 Å². The van der Waals surface area contributed by atoms with Gasteiger partial charge in [0, 0.05) is 0 Å². The Morgan fingerprint density at radius 1 is 0.840 bits per heavy atom. The molecule has 1 atom stereocenters. The largest absolute Gasteiger partial charge is 1.00 e. The molecule has 0 amide bonds. The maximum Gasteiger partial charge on any atom is -1.00 e. The van der Waals surface area contributed by atoms with Crippen molar-refractivity contribution >= 4 is 0 Å².